The van der Waals surface area contributed by atoms with Crippen molar-refractivity contribution < 1.29 is 9.84 Å². The van der Waals surface area contributed by atoms with Gasteiger partial charge >= 0.3 is 0 Å². The number of benzene rings is 1. The van der Waals surface area contributed by atoms with Crippen molar-refractivity contribution in [2.45, 2.75) is 53.7 Å². The zero-order chi connectivity index (χ0) is 15.1. The maximum Gasteiger partial charge on any atom is 0.125 e. The Kier molecular flexibility index (Phi) is 7.03. The lowest BCUT2D eigenvalue weighted by molar-refractivity contribution is 0.155. The predicted octanol–water partition coefficient (Wildman–Crippen LogP) is 3.20. The number of rotatable bonds is 8. The van der Waals surface area contributed by atoms with E-state index < -0.39 is 0 Å². The molecule has 0 saturated heterocycles. The lowest BCUT2D eigenvalue weighted by Crippen LogP contribution is -2.19. The van der Waals surface area contributed by atoms with Gasteiger partial charge in [0.1, 0.15) is 5.75 Å². The van der Waals surface area contributed by atoms with E-state index in [1.807, 2.05) is 0 Å². The smallest absolute Gasteiger partial charge is 0.125 e. The van der Waals surface area contributed by atoms with Crippen LogP contribution in [-0.2, 0) is 6.54 Å². The summed E-state index contributed by atoms with van der Waals surface area (Å²) < 4.78 is 5.80. The highest BCUT2D eigenvalue weighted by Gasteiger charge is 2.07. The lowest BCUT2D eigenvalue weighted by atomic mass is 10.1. The molecule has 0 aromatic heterocycles. The summed E-state index contributed by atoms with van der Waals surface area (Å²) in [5.41, 5.74) is 3.62. The maximum absolute atomic E-state index is 9.27. The van der Waals surface area contributed by atoms with Gasteiger partial charge in [-0.25, -0.2) is 0 Å². The Balaban J connectivity index is 2.61. The second-order valence-electron chi connectivity index (χ2n) is 6.07. The fraction of sp³-hybridized carbons (Fsp3) is 0.647. The highest BCUT2D eigenvalue weighted by Crippen LogP contribution is 2.25. The Morgan fingerprint density at radius 2 is 1.75 bits per heavy atom. The minimum Gasteiger partial charge on any atom is -0.493 e. The second-order valence-corrected chi connectivity index (χ2v) is 6.07. The topological polar surface area (TPSA) is 41.5 Å². The SMILES string of the molecule is Cc1cc(CNCC(C)C)cc(C)c1OCCC(C)O. The molecule has 1 rings (SSSR count). The third-order valence-electron chi connectivity index (χ3n) is 3.18. The van der Waals surface area contributed by atoms with E-state index in [-0.39, 0.29) is 6.10 Å². The average molecular weight is 279 g/mol. The van der Waals surface area contributed by atoms with Gasteiger partial charge in [0.25, 0.3) is 0 Å². The summed E-state index contributed by atoms with van der Waals surface area (Å²) in [5, 5.41) is 12.7. The number of ether oxygens (including phenoxy) is 1. The molecular weight excluding hydrogens is 250 g/mol. The van der Waals surface area contributed by atoms with Crippen molar-refractivity contribution in [3.8, 4) is 5.75 Å². The van der Waals surface area contributed by atoms with Crippen LogP contribution in [0.2, 0.25) is 0 Å². The molecule has 0 heterocycles. The third kappa shape index (κ3) is 5.93. The molecule has 114 valence electrons. The van der Waals surface area contributed by atoms with Gasteiger partial charge in [0.2, 0.25) is 0 Å². The molecule has 0 aliphatic carbocycles. The third-order valence-corrected chi connectivity index (χ3v) is 3.18. The summed E-state index contributed by atoms with van der Waals surface area (Å²) in [7, 11) is 0. The van der Waals surface area contributed by atoms with Crippen molar-refractivity contribution >= 4 is 0 Å². The highest BCUT2D eigenvalue weighted by molar-refractivity contribution is 5.43. The van der Waals surface area contributed by atoms with Crippen LogP contribution in [0.15, 0.2) is 12.1 Å². The van der Waals surface area contributed by atoms with Crippen LogP contribution < -0.4 is 10.1 Å². The Morgan fingerprint density at radius 1 is 1.15 bits per heavy atom. The Morgan fingerprint density at radius 3 is 2.25 bits per heavy atom. The first-order valence-corrected chi connectivity index (χ1v) is 7.51. The van der Waals surface area contributed by atoms with Gasteiger partial charge in [-0.05, 0) is 49.9 Å². The summed E-state index contributed by atoms with van der Waals surface area (Å²) in [6.45, 7) is 12.9. The molecule has 0 aliphatic heterocycles. The van der Waals surface area contributed by atoms with Crippen molar-refractivity contribution in [1.29, 1.82) is 0 Å². The van der Waals surface area contributed by atoms with Crippen LogP contribution in [0.25, 0.3) is 0 Å². The molecule has 0 amide bonds. The van der Waals surface area contributed by atoms with Gasteiger partial charge in [0.05, 0.1) is 12.7 Å². The first-order chi connectivity index (χ1) is 9.40. The summed E-state index contributed by atoms with van der Waals surface area (Å²) in [4.78, 5) is 0. The molecule has 0 spiro atoms. The van der Waals surface area contributed by atoms with E-state index in [2.05, 4.69) is 45.1 Å². The molecule has 1 unspecified atom stereocenters. The van der Waals surface area contributed by atoms with Crippen molar-refractivity contribution in [3.63, 3.8) is 0 Å². The molecule has 1 aromatic carbocycles. The van der Waals surface area contributed by atoms with Gasteiger partial charge in [0.15, 0.2) is 0 Å². The van der Waals surface area contributed by atoms with Gasteiger partial charge in [0, 0.05) is 13.0 Å². The molecule has 2 N–H and O–H groups in total. The van der Waals surface area contributed by atoms with Crippen LogP contribution in [0.5, 0.6) is 5.75 Å². The molecule has 0 saturated carbocycles. The lowest BCUT2D eigenvalue weighted by Gasteiger charge is -2.15. The summed E-state index contributed by atoms with van der Waals surface area (Å²) in [5.74, 6) is 1.62. The van der Waals surface area contributed by atoms with E-state index in [4.69, 9.17) is 4.74 Å². The first kappa shape index (κ1) is 17.0. The van der Waals surface area contributed by atoms with Crippen LogP contribution in [0, 0.1) is 19.8 Å². The minimum absolute atomic E-state index is 0.310. The molecule has 0 bridgehead atoms. The summed E-state index contributed by atoms with van der Waals surface area (Å²) in [6.07, 6.45) is 0.353. The predicted molar refractivity (Wildman–Crippen MR) is 84.3 cm³/mol. The Hall–Kier alpha value is -1.06. The van der Waals surface area contributed by atoms with Gasteiger partial charge < -0.3 is 15.2 Å². The largest absolute Gasteiger partial charge is 0.493 e. The van der Waals surface area contributed by atoms with Crippen LogP contribution >= 0.6 is 0 Å². The number of aliphatic hydroxyl groups is 1. The molecule has 1 atom stereocenters. The fourth-order valence-electron chi connectivity index (χ4n) is 2.21. The Labute approximate surface area is 123 Å². The zero-order valence-corrected chi connectivity index (χ0v) is 13.5. The van der Waals surface area contributed by atoms with Gasteiger partial charge in [-0.15, -0.1) is 0 Å². The van der Waals surface area contributed by atoms with Crippen molar-refractivity contribution in [3.05, 3.63) is 28.8 Å². The van der Waals surface area contributed by atoms with Crippen LogP contribution in [0.4, 0.5) is 0 Å². The summed E-state index contributed by atoms with van der Waals surface area (Å²) in [6, 6.07) is 4.36. The fourth-order valence-corrected chi connectivity index (χ4v) is 2.21. The van der Waals surface area contributed by atoms with Gasteiger partial charge in [-0.2, -0.15) is 0 Å². The number of hydrogen-bond donors (Lipinski definition) is 2. The van der Waals surface area contributed by atoms with Crippen LogP contribution in [0.3, 0.4) is 0 Å². The molecule has 3 heteroatoms. The molecule has 0 radical (unpaired) electrons. The molecular formula is C17H29NO2. The normalized spacial score (nSPS) is 12.8. The van der Waals surface area contributed by atoms with Gasteiger partial charge in [-0.1, -0.05) is 26.0 Å². The van der Waals surface area contributed by atoms with E-state index >= 15 is 0 Å². The van der Waals surface area contributed by atoms with Crippen LogP contribution in [-0.4, -0.2) is 24.4 Å². The number of nitrogens with one attached hydrogen (secondary N) is 1. The quantitative estimate of drug-likeness (QED) is 0.768. The van der Waals surface area contributed by atoms with Gasteiger partial charge in [-0.3, -0.25) is 0 Å². The Bertz CT molecular complexity index is 390. The van der Waals surface area contributed by atoms with Crippen molar-refractivity contribution in [1.82, 2.24) is 5.32 Å². The van der Waals surface area contributed by atoms with E-state index in [1.54, 1.807) is 6.92 Å². The van der Waals surface area contributed by atoms with E-state index in [0.29, 0.717) is 18.9 Å². The number of aryl methyl sites for hydroxylation is 2. The van der Waals surface area contributed by atoms with E-state index in [0.717, 1.165) is 30.0 Å². The molecule has 0 aliphatic rings. The number of hydrogen-bond acceptors (Lipinski definition) is 3. The second kappa shape index (κ2) is 8.28. The summed E-state index contributed by atoms with van der Waals surface area (Å²) >= 11 is 0. The van der Waals surface area contributed by atoms with E-state index in [9.17, 15) is 5.11 Å². The van der Waals surface area contributed by atoms with E-state index in [1.165, 1.54) is 5.56 Å². The van der Waals surface area contributed by atoms with Crippen LogP contribution in [0.1, 0.15) is 43.9 Å². The minimum atomic E-state index is -0.310. The first-order valence-electron chi connectivity index (χ1n) is 7.51. The maximum atomic E-state index is 9.27. The average Bonchev–Trinajstić information content (AvgIpc) is 2.32. The van der Waals surface area contributed by atoms with Crippen molar-refractivity contribution in [2.24, 2.45) is 5.92 Å². The zero-order valence-electron chi connectivity index (χ0n) is 13.5. The molecule has 1 aromatic rings. The molecule has 20 heavy (non-hydrogen) atoms. The molecule has 3 nitrogen and oxygen atoms in total. The monoisotopic (exact) mass is 279 g/mol. The van der Waals surface area contributed by atoms with Crippen molar-refractivity contribution in [2.75, 3.05) is 13.2 Å². The standard InChI is InChI=1S/C17H29NO2/c1-12(2)10-18-11-16-8-13(3)17(14(4)9-16)20-7-6-15(5)19/h8-9,12,15,18-19H,6-7,10-11H2,1-5H3. The molecule has 0 fully saturated rings. The number of aliphatic hydroxyl groups excluding tert-OH is 1. The highest BCUT2D eigenvalue weighted by atomic mass is 16.5.